The number of hydrogen-bond acceptors (Lipinski definition) is 1. The van der Waals surface area contributed by atoms with Gasteiger partial charge in [-0.2, -0.15) is 5.10 Å². The molecular formula is C11H9N3. The summed E-state index contributed by atoms with van der Waals surface area (Å²) >= 11 is 0. The van der Waals surface area contributed by atoms with E-state index in [-0.39, 0.29) is 0 Å². The molecule has 0 radical (unpaired) electrons. The van der Waals surface area contributed by atoms with E-state index < -0.39 is 0 Å². The maximum absolute atomic E-state index is 6.74. The largest absolute Gasteiger partial charge is 0.312 e. The van der Waals surface area contributed by atoms with Crippen molar-refractivity contribution < 1.29 is 0 Å². The van der Waals surface area contributed by atoms with Crippen LogP contribution >= 0.6 is 0 Å². The average Bonchev–Trinajstić information content (AvgIpc) is 2.72. The Kier molecular flexibility index (Phi) is 2.28. The molecule has 1 heterocycles. The average molecular weight is 183 g/mol. The van der Waals surface area contributed by atoms with E-state index in [2.05, 4.69) is 9.94 Å². The van der Waals surface area contributed by atoms with E-state index >= 15 is 0 Å². The Hall–Kier alpha value is -2.08. The second-order valence-electron chi connectivity index (χ2n) is 2.93. The molecule has 1 aromatic heterocycles. The molecule has 1 aromatic carbocycles. The molecule has 2 aromatic rings. The van der Waals surface area contributed by atoms with Crippen molar-refractivity contribution in [2.75, 3.05) is 0 Å². The quantitative estimate of drug-likeness (QED) is 0.655. The van der Waals surface area contributed by atoms with E-state index in [1.807, 2.05) is 36.5 Å². The van der Waals surface area contributed by atoms with Crippen LogP contribution in [0.4, 0.5) is 0 Å². The van der Waals surface area contributed by atoms with Crippen LogP contribution < -0.4 is 0 Å². The Balaban J connectivity index is 2.27. The summed E-state index contributed by atoms with van der Waals surface area (Å²) in [6.45, 7) is 7.18. The first-order valence-electron chi connectivity index (χ1n) is 4.32. The molecule has 0 aliphatic heterocycles. The fraction of sp³-hybridized carbons (Fsp3) is 0.0909. The van der Waals surface area contributed by atoms with Crippen molar-refractivity contribution in [2.24, 2.45) is 0 Å². The molecule has 14 heavy (non-hydrogen) atoms. The molecule has 0 aliphatic carbocycles. The van der Waals surface area contributed by atoms with Gasteiger partial charge in [0.15, 0.2) is 0 Å². The number of rotatable bonds is 2. The Morgan fingerprint density at radius 3 is 2.64 bits per heavy atom. The zero-order valence-corrected chi connectivity index (χ0v) is 7.59. The van der Waals surface area contributed by atoms with Crippen molar-refractivity contribution in [1.82, 2.24) is 9.78 Å². The molecule has 2 rings (SSSR count). The van der Waals surface area contributed by atoms with Crippen LogP contribution in [0.3, 0.4) is 0 Å². The maximum atomic E-state index is 6.74. The Morgan fingerprint density at radius 1 is 1.29 bits per heavy atom. The summed E-state index contributed by atoms with van der Waals surface area (Å²) in [7, 11) is 0. The molecule has 0 spiro atoms. The number of hydrogen-bond donors (Lipinski definition) is 0. The zero-order valence-electron chi connectivity index (χ0n) is 7.59. The number of nitrogens with zero attached hydrogens (tertiary/aromatic N) is 3. The van der Waals surface area contributed by atoms with Gasteiger partial charge in [0.05, 0.1) is 5.69 Å². The topological polar surface area (TPSA) is 22.2 Å². The van der Waals surface area contributed by atoms with Crippen LogP contribution in [0.1, 0.15) is 5.56 Å². The van der Waals surface area contributed by atoms with Gasteiger partial charge in [0.25, 0.3) is 0 Å². The molecular weight excluding hydrogens is 174 g/mol. The minimum Gasteiger partial charge on any atom is -0.312 e. The van der Waals surface area contributed by atoms with E-state index in [0.717, 1.165) is 11.3 Å². The molecule has 0 saturated heterocycles. The van der Waals surface area contributed by atoms with E-state index in [4.69, 9.17) is 6.57 Å². The lowest BCUT2D eigenvalue weighted by Crippen LogP contribution is -1.93. The Morgan fingerprint density at radius 2 is 2.07 bits per heavy atom. The lowest BCUT2D eigenvalue weighted by Gasteiger charge is -2.00. The van der Waals surface area contributed by atoms with Crippen LogP contribution in [0.25, 0.3) is 10.5 Å². The summed E-state index contributed by atoms with van der Waals surface area (Å²) in [6.07, 6.45) is 3.64. The van der Waals surface area contributed by atoms with Crippen LogP contribution in [0.5, 0.6) is 0 Å². The van der Waals surface area contributed by atoms with Crippen molar-refractivity contribution in [1.29, 1.82) is 0 Å². The van der Waals surface area contributed by atoms with Gasteiger partial charge in [0.1, 0.15) is 0 Å². The molecule has 0 N–H and O–H groups in total. The van der Waals surface area contributed by atoms with Gasteiger partial charge in [0, 0.05) is 18.0 Å². The highest BCUT2D eigenvalue weighted by Crippen LogP contribution is 2.09. The third kappa shape index (κ3) is 1.64. The number of aromatic nitrogens is 2. The normalized spacial score (nSPS) is 9.64. The third-order valence-corrected chi connectivity index (χ3v) is 1.97. The van der Waals surface area contributed by atoms with Gasteiger partial charge in [-0.25, -0.2) is 11.3 Å². The van der Waals surface area contributed by atoms with Crippen LogP contribution in [0, 0.1) is 6.57 Å². The molecule has 3 nitrogen and oxygen atoms in total. The summed E-state index contributed by atoms with van der Waals surface area (Å²) in [5, 5.41) is 4.12. The van der Waals surface area contributed by atoms with Gasteiger partial charge >= 0.3 is 0 Å². The minimum atomic E-state index is 0.444. The van der Waals surface area contributed by atoms with Crippen molar-refractivity contribution in [3.63, 3.8) is 0 Å². The molecule has 68 valence electrons. The zero-order chi connectivity index (χ0) is 9.80. The third-order valence-electron chi connectivity index (χ3n) is 1.97. The predicted molar refractivity (Wildman–Crippen MR) is 53.9 cm³/mol. The highest BCUT2D eigenvalue weighted by molar-refractivity contribution is 5.34. The van der Waals surface area contributed by atoms with Gasteiger partial charge < -0.3 is 4.85 Å². The highest BCUT2D eigenvalue weighted by atomic mass is 15.3. The van der Waals surface area contributed by atoms with E-state index in [1.54, 1.807) is 10.9 Å². The molecule has 3 heteroatoms. The first kappa shape index (κ1) is 8.52. The van der Waals surface area contributed by atoms with Gasteiger partial charge in [0.2, 0.25) is 6.54 Å². The molecule has 0 aliphatic rings. The second kappa shape index (κ2) is 3.75. The van der Waals surface area contributed by atoms with Gasteiger partial charge in [-0.1, -0.05) is 0 Å². The monoisotopic (exact) mass is 183 g/mol. The minimum absolute atomic E-state index is 0.444. The molecule has 0 amide bonds. The summed E-state index contributed by atoms with van der Waals surface area (Å²) in [6, 6.07) is 9.72. The standard InChI is InChI=1S/C11H9N3/c1-12-9-10-3-5-11(6-4-10)14-8-2-7-13-14/h2-8H,9H2. The summed E-state index contributed by atoms with van der Waals surface area (Å²) in [4.78, 5) is 3.33. The summed E-state index contributed by atoms with van der Waals surface area (Å²) in [5.41, 5.74) is 2.06. The lowest BCUT2D eigenvalue weighted by molar-refractivity contribution is 0.879. The van der Waals surface area contributed by atoms with Crippen LogP contribution in [0.2, 0.25) is 0 Å². The van der Waals surface area contributed by atoms with Crippen molar-refractivity contribution in [3.8, 4) is 5.69 Å². The van der Waals surface area contributed by atoms with Crippen molar-refractivity contribution >= 4 is 0 Å². The maximum Gasteiger partial charge on any atom is 0.239 e. The van der Waals surface area contributed by atoms with Crippen LogP contribution in [-0.2, 0) is 6.54 Å². The first-order chi connectivity index (χ1) is 6.90. The molecule has 0 atom stereocenters. The van der Waals surface area contributed by atoms with Gasteiger partial charge in [-0.3, -0.25) is 0 Å². The lowest BCUT2D eigenvalue weighted by atomic mass is 10.2. The van der Waals surface area contributed by atoms with Gasteiger partial charge in [-0.15, -0.1) is 0 Å². The van der Waals surface area contributed by atoms with Gasteiger partial charge in [-0.05, 0) is 30.3 Å². The SMILES string of the molecule is [C-]#[N+]Cc1ccc(-n2cccn2)cc1. The van der Waals surface area contributed by atoms with E-state index in [9.17, 15) is 0 Å². The fourth-order valence-corrected chi connectivity index (χ4v) is 1.27. The molecule has 0 fully saturated rings. The molecule has 0 unspecified atom stereocenters. The van der Waals surface area contributed by atoms with E-state index in [0.29, 0.717) is 6.54 Å². The Bertz CT molecular complexity index is 434. The highest BCUT2D eigenvalue weighted by Gasteiger charge is 1.97. The van der Waals surface area contributed by atoms with E-state index in [1.165, 1.54) is 0 Å². The van der Waals surface area contributed by atoms with Crippen molar-refractivity contribution in [3.05, 3.63) is 59.7 Å². The fourth-order valence-electron chi connectivity index (χ4n) is 1.27. The van der Waals surface area contributed by atoms with Crippen LogP contribution in [-0.4, -0.2) is 9.78 Å². The summed E-state index contributed by atoms with van der Waals surface area (Å²) in [5.74, 6) is 0. The first-order valence-corrected chi connectivity index (χ1v) is 4.32. The Labute approximate surface area is 82.4 Å². The second-order valence-corrected chi connectivity index (χ2v) is 2.93. The van der Waals surface area contributed by atoms with Crippen molar-refractivity contribution in [2.45, 2.75) is 6.54 Å². The predicted octanol–water partition coefficient (Wildman–Crippen LogP) is 2.29. The van der Waals surface area contributed by atoms with Crippen LogP contribution in [0.15, 0.2) is 42.7 Å². The summed E-state index contributed by atoms with van der Waals surface area (Å²) < 4.78 is 1.79. The molecule has 0 saturated carbocycles. The number of benzene rings is 1. The molecule has 0 bridgehead atoms. The smallest absolute Gasteiger partial charge is 0.239 e.